The molecule has 4 nitrogen and oxygen atoms in total. The lowest BCUT2D eigenvalue weighted by Gasteiger charge is -2.41. The number of aromatic nitrogens is 1. The number of aryl methyl sites for hydroxylation is 1. The first kappa shape index (κ1) is 13.3. The highest BCUT2D eigenvalue weighted by molar-refractivity contribution is 5.46. The first-order chi connectivity index (χ1) is 8.49. The minimum atomic E-state index is -0.566. The van der Waals surface area contributed by atoms with Gasteiger partial charge in [-0.1, -0.05) is 12.8 Å². The van der Waals surface area contributed by atoms with Crippen LogP contribution in [0.5, 0.6) is 0 Å². The van der Waals surface area contributed by atoms with Crippen LogP contribution in [0.3, 0.4) is 0 Å². The summed E-state index contributed by atoms with van der Waals surface area (Å²) < 4.78 is 0. The highest BCUT2D eigenvalue weighted by Gasteiger charge is 2.44. The van der Waals surface area contributed by atoms with Crippen LogP contribution in [0.2, 0.25) is 0 Å². The molecule has 0 amide bonds. The third-order valence-electron chi connectivity index (χ3n) is 4.38. The summed E-state index contributed by atoms with van der Waals surface area (Å²) in [7, 11) is 4.08. The van der Waals surface area contributed by atoms with Gasteiger partial charge in [0.25, 0.3) is 0 Å². The molecule has 1 atom stereocenters. The van der Waals surface area contributed by atoms with Crippen molar-refractivity contribution in [2.45, 2.75) is 44.2 Å². The Hall–Kier alpha value is -1.13. The molecule has 2 rings (SSSR count). The number of aliphatic hydroxyl groups excluding tert-OH is 1. The summed E-state index contributed by atoms with van der Waals surface area (Å²) in [6, 6.07) is 1.91. The molecule has 18 heavy (non-hydrogen) atoms. The zero-order valence-electron chi connectivity index (χ0n) is 11.5. The monoisotopic (exact) mass is 249 g/mol. The Bertz CT molecular complexity index is 405. The number of pyridine rings is 1. The van der Waals surface area contributed by atoms with Crippen LogP contribution in [-0.4, -0.2) is 34.6 Å². The molecule has 1 aromatic heterocycles. The summed E-state index contributed by atoms with van der Waals surface area (Å²) in [5.41, 5.74) is 7.58. The second-order valence-corrected chi connectivity index (χ2v) is 5.53. The van der Waals surface area contributed by atoms with Gasteiger partial charge in [0.1, 0.15) is 11.9 Å². The zero-order chi connectivity index (χ0) is 13.3. The Balaban J connectivity index is 2.43. The first-order valence-corrected chi connectivity index (χ1v) is 6.55. The van der Waals surface area contributed by atoms with Crippen LogP contribution in [0.15, 0.2) is 12.3 Å². The molecule has 0 radical (unpaired) electrons. The van der Waals surface area contributed by atoms with E-state index in [4.69, 9.17) is 5.73 Å². The average Bonchev–Trinajstić information content (AvgIpc) is 2.78. The van der Waals surface area contributed by atoms with E-state index in [1.807, 2.05) is 27.1 Å². The fourth-order valence-corrected chi connectivity index (χ4v) is 3.17. The molecule has 1 aliphatic rings. The predicted molar refractivity (Wildman–Crippen MR) is 73.2 cm³/mol. The van der Waals surface area contributed by atoms with Crippen LogP contribution in [0, 0.1) is 6.92 Å². The molecule has 1 fully saturated rings. The molecule has 1 heterocycles. The van der Waals surface area contributed by atoms with Crippen LogP contribution >= 0.6 is 0 Å². The zero-order valence-corrected chi connectivity index (χ0v) is 11.5. The number of hydrogen-bond acceptors (Lipinski definition) is 4. The maximum absolute atomic E-state index is 10.8. The minimum absolute atomic E-state index is 0.193. The molecule has 1 aliphatic carbocycles. The molecule has 1 aromatic rings. The van der Waals surface area contributed by atoms with Crippen molar-refractivity contribution in [3.8, 4) is 0 Å². The molecule has 100 valence electrons. The fraction of sp³-hybridized carbons (Fsp3) is 0.643. The van der Waals surface area contributed by atoms with Crippen molar-refractivity contribution < 1.29 is 5.11 Å². The van der Waals surface area contributed by atoms with Crippen molar-refractivity contribution in [1.82, 2.24) is 9.88 Å². The molecule has 1 saturated carbocycles. The molecule has 0 aliphatic heterocycles. The van der Waals surface area contributed by atoms with Crippen LogP contribution in [0.1, 0.15) is 42.9 Å². The number of anilines is 1. The fourth-order valence-electron chi connectivity index (χ4n) is 3.17. The second-order valence-electron chi connectivity index (χ2n) is 5.53. The molecule has 3 N–H and O–H groups in total. The normalized spacial score (nSPS) is 20.3. The van der Waals surface area contributed by atoms with E-state index in [1.165, 1.54) is 0 Å². The molecule has 4 heteroatoms. The van der Waals surface area contributed by atoms with Gasteiger partial charge >= 0.3 is 0 Å². The molecule has 0 bridgehead atoms. The van der Waals surface area contributed by atoms with Gasteiger partial charge in [0, 0.05) is 11.8 Å². The number of nitrogens with two attached hydrogens (primary N) is 1. The Labute approximate surface area is 109 Å². The molecular formula is C14H23N3O. The standard InChI is InChI=1S/C14H23N3O/c1-10-6-9-16-13(15)11(10)12(18)14(17(2)3)7-4-5-8-14/h6,9,12,18H,4-5,7-8H2,1-3H3,(H2,15,16). The van der Waals surface area contributed by atoms with E-state index >= 15 is 0 Å². The van der Waals surface area contributed by atoms with E-state index in [9.17, 15) is 5.11 Å². The smallest absolute Gasteiger partial charge is 0.129 e. The van der Waals surface area contributed by atoms with Crippen molar-refractivity contribution in [3.63, 3.8) is 0 Å². The van der Waals surface area contributed by atoms with Crippen molar-refractivity contribution in [3.05, 3.63) is 23.4 Å². The van der Waals surface area contributed by atoms with E-state index in [0.29, 0.717) is 5.82 Å². The largest absolute Gasteiger partial charge is 0.386 e. The number of nitrogens with zero attached hydrogens (tertiary/aromatic N) is 2. The Kier molecular flexibility index (Phi) is 3.59. The van der Waals surface area contributed by atoms with E-state index in [-0.39, 0.29) is 5.54 Å². The van der Waals surface area contributed by atoms with Gasteiger partial charge in [-0.05, 0) is 45.5 Å². The van der Waals surface area contributed by atoms with E-state index in [2.05, 4.69) is 9.88 Å². The molecule has 0 saturated heterocycles. The van der Waals surface area contributed by atoms with Gasteiger partial charge in [0.2, 0.25) is 0 Å². The van der Waals surface area contributed by atoms with E-state index in [1.54, 1.807) is 6.20 Å². The lowest BCUT2D eigenvalue weighted by molar-refractivity contribution is -0.00480. The third-order valence-corrected chi connectivity index (χ3v) is 4.38. The van der Waals surface area contributed by atoms with Gasteiger partial charge in [-0.25, -0.2) is 4.98 Å². The van der Waals surface area contributed by atoms with Gasteiger partial charge in [0.15, 0.2) is 0 Å². The summed E-state index contributed by atoms with van der Waals surface area (Å²) in [5.74, 6) is 0.454. The Morgan fingerprint density at radius 1 is 1.39 bits per heavy atom. The summed E-state index contributed by atoms with van der Waals surface area (Å²) in [5, 5.41) is 10.8. The predicted octanol–water partition coefficient (Wildman–Crippen LogP) is 1.88. The van der Waals surface area contributed by atoms with Gasteiger partial charge < -0.3 is 15.7 Å². The van der Waals surface area contributed by atoms with Crippen molar-refractivity contribution in [1.29, 1.82) is 0 Å². The van der Waals surface area contributed by atoms with Crippen LogP contribution < -0.4 is 5.73 Å². The molecule has 0 spiro atoms. The quantitative estimate of drug-likeness (QED) is 0.858. The maximum atomic E-state index is 10.8. The highest BCUT2D eigenvalue weighted by Crippen LogP contribution is 2.44. The summed E-state index contributed by atoms with van der Waals surface area (Å²) >= 11 is 0. The number of likely N-dealkylation sites (N-methyl/N-ethyl adjacent to an activating group) is 1. The maximum Gasteiger partial charge on any atom is 0.129 e. The SMILES string of the molecule is Cc1ccnc(N)c1C(O)C1(N(C)C)CCCC1. The lowest BCUT2D eigenvalue weighted by atomic mass is 9.83. The number of hydrogen-bond donors (Lipinski definition) is 2. The topological polar surface area (TPSA) is 62.4 Å². The van der Waals surface area contributed by atoms with Crippen molar-refractivity contribution in [2.24, 2.45) is 0 Å². The lowest BCUT2D eigenvalue weighted by Crippen LogP contribution is -2.47. The number of aliphatic hydroxyl groups is 1. The van der Waals surface area contributed by atoms with Gasteiger partial charge in [-0.15, -0.1) is 0 Å². The summed E-state index contributed by atoms with van der Waals surface area (Å²) in [6.07, 6.45) is 5.47. The summed E-state index contributed by atoms with van der Waals surface area (Å²) in [4.78, 5) is 6.27. The minimum Gasteiger partial charge on any atom is -0.386 e. The summed E-state index contributed by atoms with van der Waals surface area (Å²) in [6.45, 7) is 1.98. The van der Waals surface area contributed by atoms with Crippen LogP contribution in [0.25, 0.3) is 0 Å². The molecule has 1 unspecified atom stereocenters. The number of nitrogen functional groups attached to an aromatic ring is 1. The Morgan fingerprint density at radius 2 is 2.00 bits per heavy atom. The first-order valence-electron chi connectivity index (χ1n) is 6.55. The highest BCUT2D eigenvalue weighted by atomic mass is 16.3. The number of rotatable bonds is 3. The van der Waals surface area contributed by atoms with Gasteiger partial charge in [-0.3, -0.25) is 0 Å². The Morgan fingerprint density at radius 3 is 2.50 bits per heavy atom. The van der Waals surface area contributed by atoms with Gasteiger partial charge in [-0.2, -0.15) is 0 Å². The van der Waals surface area contributed by atoms with Crippen LogP contribution in [0.4, 0.5) is 5.82 Å². The average molecular weight is 249 g/mol. The molecule has 0 aromatic carbocycles. The van der Waals surface area contributed by atoms with Gasteiger partial charge in [0.05, 0.1) is 5.54 Å². The van der Waals surface area contributed by atoms with Crippen molar-refractivity contribution in [2.75, 3.05) is 19.8 Å². The van der Waals surface area contributed by atoms with Crippen molar-refractivity contribution >= 4 is 5.82 Å². The third kappa shape index (κ3) is 1.99. The van der Waals surface area contributed by atoms with Crippen LogP contribution in [-0.2, 0) is 0 Å². The van der Waals surface area contributed by atoms with E-state index in [0.717, 1.165) is 36.8 Å². The molecular weight excluding hydrogens is 226 g/mol. The second kappa shape index (κ2) is 4.86. The van der Waals surface area contributed by atoms with E-state index < -0.39 is 6.10 Å².